The van der Waals surface area contributed by atoms with Crippen LogP contribution in [0.4, 0.5) is 4.79 Å². The van der Waals surface area contributed by atoms with Gasteiger partial charge in [0.1, 0.15) is 5.60 Å². The normalized spacial score (nSPS) is 34.4. The van der Waals surface area contributed by atoms with Gasteiger partial charge >= 0.3 is 26.5 Å². The van der Waals surface area contributed by atoms with Crippen LogP contribution in [0.25, 0.3) is 0 Å². The molecule has 0 aromatic rings. The van der Waals surface area contributed by atoms with Gasteiger partial charge in [0, 0.05) is 101 Å². The third kappa shape index (κ3) is 12.8. The molecule has 13 aliphatic rings. The molecule has 11 atom stereocenters. The average molecular weight is 1450 g/mol. The number of nitrogens with zero attached hydrogens (tertiary/aromatic N) is 4. The summed E-state index contributed by atoms with van der Waals surface area (Å²) in [4.78, 5) is 104. The smallest absolute Gasteiger partial charge is 0.407 e. The zero-order chi connectivity index (χ0) is 73.2. The summed E-state index contributed by atoms with van der Waals surface area (Å²) < 4.78 is 76.8. The Labute approximate surface area is 602 Å². The second kappa shape index (κ2) is 26.9. The molecule has 0 aromatic heterocycles. The second-order valence-electron chi connectivity index (χ2n) is 37.0. The van der Waals surface area contributed by atoms with Crippen LogP contribution in [0.15, 0.2) is 25.3 Å². The number of ketones is 2. The zero-order valence-corrected chi connectivity index (χ0v) is 64.3. The molecule has 0 aromatic carbocycles. The highest BCUT2D eigenvalue weighted by Gasteiger charge is 2.87. The van der Waals surface area contributed by atoms with Crippen molar-refractivity contribution in [3.63, 3.8) is 0 Å². The van der Waals surface area contributed by atoms with Crippen molar-refractivity contribution in [2.45, 2.75) is 272 Å². The fraction of sp³-hybridized carbons (Fsp3) is 0.857. The fourth-order valence-electron chi connectivity index (χ4n) is 22.8. The number of fused-ring (bicyclic) bond motifs is 2. The van der Waals surface area contributed by atoms with Crippen molar-refractivity contribution >= 4 is 61.7 Å². The van der Waals surface area contributed by atoms with Crippen molar-refractivity contribution in [3.05, 3.63) is 25.3 Å². The molecule has 13 rings (SSSR count). The average Bonchev–Trinajstić information content (AvgIpc) is 1.46. The molecular weight excluding hydrogens is 1330 g/mol. The number of carbonyl (C=O) groups is 7. The molecule has 22 nitrogen and oxygen atoms in total. The third-order valence-corrected chi connectivity index (χ3v) is 33.6. The van der Waals surface area contributed by atoms with E-state index in [2.05, 4.69) is 69.5 Å². The maximum Gasteiger partial charge on any atom is 0.407 e. The van der Waals surface area contributed by atoms with Gasteiger partial charge in [-0.05, 0) is 199 Å². The van der Waals surface area contributed by atoms with Crippen LogP contribution in [0.2, 0.25) is 0 Å². The Hall–Kier alpha value is -4.33. The molecular formula is C77H122N8O14S2. The summed E-state index contributed by atoms with van der Waals surface area (Å²) in [5, 5.41) is 3.28. The van der Waals surface area contributed by atoms with Crippen molar-refractivity contribution in [2.24, 2.45) is 83.1 Å². The second-order valence-corrected chi connectivity index (χ2v) is 40.3. The molecule has 5 N–H and O–H groups in total. The molecule has 5 amide bonds. The monoisotopic (exact) mass is 1450 g/mol. The molecule has 7 saturated carbocycles. The maximum atomic E-state index is 15.7. The number of ether oxygens (including phenoxy) is 3. The summed E-state index contributed by atoms with van der Waals surface area (Å²) in [6.45, 7) is 33.8. The van der Waals surface area contributed by atoms with Crippen LogP contribution in [0.5, 0.6) is 0 Å². The lowest BCUT2D eigenvalue weighted by molar-refractivity contribution is -0.148. The Bertz CT molecular complexity index is 3500. The molecule has 0 radical (unpaired) electrons. The van der Waals surface area contributed by atoms with Crippen molar-refractivity contribution in [1.29, 1.82) is 0 Å². The van der Waals surface area contributed by atoms with Gasteiger partial charge in [0.05, 0.1) is 29.0 Å². The Morgan fingerprint density at radius 1 is 0.525 bits per heavy atom. The molecule has 6 aliphatic heterocycles. The summed E-state index contributed by atoms with van der Waals surface area (Å²) in [7, 11) is -8.02. The van der Waals surface area contributed by atoms with Gasteiger partial charge < -0.3 is 35.1 Å². The van der Waals surface area contributed by atoms with Crippen LogP contribution in [0.1, 0.15) is 243 Å². The minimum Gasteiger partial charge on any atom is -0.444 e. The summed E-state index contributed by atoms with van der Waals surface area (Å²) >= 11 is 0. The molecule has 4 spiro atoms. The van der Waals surface area contributed by atoms with Crippen molar-refractivity contribution in [1.82, 2.24) is 33.2 Å². The molecule has 6 saturated heterocycles. The first-order valence-electron chi connectivity index (χ1n) is 38.8. The Morgan fingerprint density at radius 3 is 1.30 bits per heavy atom. The van der Waals surface area contributed by atoms with Crippen LogP contribution in [0, 0.1) is 77.3 Å². The Kier molecular flexibility index (Phi) is 20.3. The highest BCUT2D eigenvalue weighted by atomic mass is 32.2. The first-order valence-corrected chi connectivity index (χ1v) is 41.6. The van der Waals surface area contributed by atoms with E-state index < -0.39 is 84.2 Å². The lowest BCUT2D eigenvalue weighted by atomic mass is 9.65. The van der Waals surface area contributed by atoms with E-state index >= 15 is 9.59 Å². The summed E-state index contributed by atoms with van der Waals surface area (Å²) in [6.07, 6.45) is 23.4. The van der Waals surface area contributed by atoms with E-state index in [1.54, 1.807) is 17.1 Å². The zero-order valence-electron chi connectivity index (χ0n) is 62.7. The highest BCUT2D eigenvalue weighted by Crippen LogP contribution is 2.89. The van der Waals surface area contributed by atoms with E-state index in [1.165, 1.54) is 15.0 Å². The van der Waals surface area contributed by atoms with Crippen molar-refractivity contribution in [3.8, 4) is 0 Å². The summed E-state index contributed by atoms with van der Waals surface area (Å²) in [6, 6.07) is -2.35. The summed E-state index contributed by atoms with van der Waals surface area (Å²) in [5.74, 6) is -2.91. The highest BCUT2D eigenvalue weighted by molar-refractivity contribution is 7.88. The predicted molar refractivity (Wildman–Crippen MR) is 383 cm³/mol. The lowest BCUT2D eigenvalue weighted by Gasteiger charge is -2.45. The molecule has 566 valence electrons. The van der Waals surface area contributed by atoms with Crippen molar-refractivity contribution in [2.75, 3.05) is 65.7 Å². The number of hydrogen-bond acceptors (Lipinski definition) is 15. The number of hydrogen-bond donors (Lipinski definition) is 4. The quantitative estimate of drug-likeness (QED) is 0.0692. The minimum absolute atomic E-state index is 0.000582. The van der Waals surface area contributed by atoms with Crippen LogP contribution in [-0.4, -0.2) is 172 Å². The van der Waals surface area contributed by atoms with Crippen molar-refractivity contribution < 1.29 is 64.6 Å². The minimum atomic E-state index is -4.04. The van der Waals surface area contributed by atoms with Crippen LogP contribution < -0.4 is 20.5 Å². The van der Waals surface area contributed by atoms with Gasteiger partial charge in [-0.3, -0.25) is 28.8 Å². The van der Waals surface area contributed by atoms with E-state index in [0.717, 1.165) is 89.9 Å². The number of nitrogens with two attached hydrogens (primary N) is 1. The first kappa shape index (κ1) is 76.3. The number of amides is 5. The molecule has 7 aliphatic carbocycles. The number of nitrogens with one attached hydrogen (secondary N) is 3. The third-order valence-electron chi connectivity index (χ3n) is 30.6. The SMILES string of the molecule is C=C[C@@H]1C[C@]1(CC(=O)[C@@H]1C[C@@]2(CN1C(=O)[C@@H](CC[C@@H](NC(=O)OC(C)(C)C)C1(C)CCCCC1)C1(C)CCOCC1)C(C)(C)C21CCC1)C(=O)NS(=O)(=O)N1CCCC1.C=C[C@@H]1C[C@]1(CC(=O)[C@@H]1C[C@@]2(CN1C(=O)[C@@H](N)C1(C)CCOCC1)C(C)(C)C21CCC1)C(=O)NS(=O)(=O)N1CCCC1. The van der Waals surface area contributed by atoms with E-state index in [1.807, 2.05) is 32.6 Å². The molecule has 6 heterocycles. The van der Waals surface area contributed by atoms with E-state index in [4.69, 9.17) is 19.9 Å². The molecule has 13 fully saturated rings. The number of Topliss-reactive ketones (excluding diaryl/α,β-unsaturated/α-hetero) is 2. The lowest BCUT2D eigenvalue weighted by Crippen LogP contribution is -2.56. The number of alkyl carbamates (subject to hydrolysis) is 1. The maximum absolute atomic E-state index is 15.7. The van der Waals surface area contributed by atoms with Crippen LogP contribution in [-0.2, 0) is 63.4 Å². The van der Waals surface area contributed by atoms with Gasteiger partial charge in [-0.25, -0.2) is 14.2 Å². The van der Waals surface area contributed by atoms with Gasteiger partial charge in [0.15, 0.2) is 11.6 Å². The summed E-state index contributed by atoms with van der Waals surface area (Å²) in [5.41, 5.74) is 2.53. The van der Waals surface area contributed by atoms with Gasteiger partial charge in [0.25, 0.3) is 0 Å². The Morgan fingerprint density at radius 2 is 0.931 bits per heavy atom. The van der Waals surface area contributed by atoms with Gasteiger partial charge in [-0.1, -0.05) is 92.7 Å². The number of likely N-dealkylation sites (tertiary alicyclic amines) is 2. The first-order chi connectivity index (χ1) is 47.3. The van der Waals surface area contributed by atoms with Crippen LogP contribution in [0.3, 0.4) is 0 Å². The number of carbonyl (C=O) groups excluding carboxylic acids is 7. The van der Waals surface area contributed by atoms with Gasteiger partial charge in [-0.15, -0.1) is 13.2 Å². The number of allylic oxidation sites excluding steroid dienone is 2. The number of rotatable bonds is 23. The Balaban J connectivity index is 0.000000202. The van der Waals surface area contributed by atoms with E-state index in [0.29, 0.717) is 130 Å². The topological polar surface area (TPSA) is 291 Å². The molecule has 24 heteroatoms. The fourth-order valence-corrected chi connectivity index (χ4v) is 25.4. The molecule has 0 unspecified atom stereocenters. The van der Waals surface area contributed by atoms with E-state index in [9.17, 15) is 40.8 Å². The molecule has 101 heavy (non-hydrogen) atoms. The van der Waals surface area contributed by atoms with Gasteiger partial charge in [0.2, 0.25) is 23.6 Å². The predicted octanol–water partition coefficient (Wildman–Crippen LogP) is 10.0. The van der Waals surface area contributed by atoms with Crippen LogP contribution >= 0.6 is 0 Å². The largest absolute Gasteiger partial charge is 0.444 e. The van der Waals surface area contributed by atoms with E-state index in [-0.39, 0.29) is 97.4 Å². The standard InChI is InChI=1S/C46H74N4O8S.C31H48N4O6S/c1-9-32-28-44(32,38(53)48-59(55,56)49-24-13-14-25-49)30-35(51)34-29-46(41(5,6)45(46)20-15-21-45)31-50(34)37(52)33(42(7)22-26-57-27-23-42)16-17-36(43(8)18-11-10-12-19-43)47-39(54)58-40(2,3)4;1-5-21-17-29(21,26(38)33-42(39,40)34-13-6-7-14-34)19-23(36)22-18-31(27(2,3)30(31)9-8-10-30)20-35(22)25(37)24(32)28(4)11-15-41-16-12-28/h9,32-34,36H,1,10-31H2,2-8H3,(H,47,54)(H,48,53);5,21-22,24H,1,6-20,32H2,2-4H3,(H,33,38)/t32-,33-,34+,36-,44-,46-;21-,22+,24-,29-,31-/m11/s1. The molecule has 0 bridgehead atoms. The van der Waals surface area contributed by atoms with Gasteiger partial charge in [-0.2, -0.15) is 25.4 Å².